The number of fused-ring (bicyclic) bond motifs is 1. The van der Waals surface area contributed by atoms with Gasteiger partial charge in [-0.3, -0.25) is 5.43 Å². The van der Waals surface area contributed by atoms with Crippen LogP contribution < -0.4 is 10.2 Å². The summed E-state index contributed by atoms with van der Waals surface area (Å²) in [7, 11) is 1.54. The van der Waals surface area contributed by atoms with E-state index in [9.17, 15) is 13.2 Å². The van der Waals surface area contributed by atoms with E-state index in [1.165, 1.54) is 7.11 Å². The Kier molecular flexibility index (Phi) is 4.78. The van der Waals surface area contributed by atoms with Crippen molar-refractivity contribution >= 4 is 34.1 Å². The molecule has 3 rings (SSSR count). The molecule has 26 heavy (non-hydrogen) atoms. The number of rotatable bonds is 4. The van der Waals surface area contributed by atoms with Gasteiger partial charge in [-0.2, -0.15) is 18.3 Å². The van der Waals surface area contributed by atoms with Gasteiger partial charge in [0, 0.05) is 11.6 Å². The molecule has 0 saturated carbocycles. The number of hydrogen-bond donors (Lipinski definition) is 1. The van der Waals surface area contributed by atoms with E-state index in [4.69, 9.17) is 20.8 Å². The SMILES string of the molecule is COc1cccc2cc(C(C)=NNc3ncc(C(F)(F)F)cc3Cl)oc12. The Balaban J connectivity index is 1.85. The molecule has 0 unspecified atom stereocenters. The molecule has 0 aliphatic carbocycles. The van der Waals surface area contributed by atoms with Crippen LogP contribution in [-0.2, 0) is 6.18 Å². The van der Waals surface area contributed by atoms with Gasteiger partial charge in [0.15, 0.2) is 22.9 Å². The van der Waals surface area contributed by atoms with E-state index in [2.05, 4.69) is 15.5 Å². The molecule has 1 aromatic carbocycles. The molecule has 0 amide bonds. The number of benzene rings is 1. The molecule has 1 N–H and O–H groups in total. The molecule has 0 radical (unpaired) electrons. The zero-order chi connectivity index (χ0) is 18.9. The Morgan fingerprint density at radius 2 is 2.08 bits per heavy atom. The zero-order valence-electron chi connectivity index (χ0n) is 13.7. The van der Waals surface area contributed by atoms with Crippen molar-refractivity contribution in [2.45, 2.75) is 13.1 Å². The summed E-state index contributed by atoms with van der Waals surface area (Å²) in [5, 5.41) is 4.71. The summed E-state index contributed by atoms with van der Waals surface area (Å²) >= 11 is 5.83. The highest BCUT2D eigenvalue weighted by atomic mass is 35.5. The first-order valence-electron chi connectivity index (χ1n) is 7.39. The number of methoxy groups -OCH3 is 1. The van der Waals surface area contributed by atoms with Gasteiger partial charge in [0.2, 0.25) is 0 Å². The fourth-order valence-corrected chi connectivity index (χ4v) is 2.45. The normalized spacial score (nSPS) is 12.5. The predicted octanol–water partition coefficient (Wildman–Crippen LogP) is 5.34. The maximum atomic E-state index is 12.6. The standard InChI is InChI=1S/C17H13ClF3N3O2/c1-9(14-6-10-4-3-5-13(25-2)15(10)26-14)23-24-16-12(18)7-11(8-22-16)17(19,20)21/h3-8H,1-2H3,(H,22,24). The second-order valence-corrected chi connectivity index (χ2v) is 5.76. The van der Waals surface area contributed by atoms with Crippen molar-refractivity contribution in [1.82, 2.24) is 4.98 Å². The highest BCUT2D eigenvalue weighted by Crippen LogP contribution is 2.32. The maximum absolute atomic E-state index is 12.6. The molecule has 0 aliphatic heterocycles. The van der Waals surface area contributed by atoms with E-state index in [1.807, 2.05) is 12.1 Å². The third kappa shape index (κ3) is 3.60. The maximum Gasteiger partial charge on any atom is 0.417 e. The summed E-state index contributed by atoms with van der Waals surface area (Å²) in [6.45, 7) is 1.68. The quantitative estimate of drug-likeness (QED) is 0.487. The lowest BCUT2D eigenvalue weighted by Crippen LogP contribution is -2.07. The van der Waals surface area contributed by atoms with Crippen LogP contribution in [0.5, 0.6) is 5.75 Å². The summed E-state index contributed by atoms with van der Waals surface area (Å²) < 4.78 is 48.9. The van der Waals surface area contributed by atoms with E-state index in [0.29, 0.717) is 29.0 Å². The lowest BCUT2D eigenvalue weighted by Gasteiger charge is -2.08. The summed E-state index contributed by atoms with van der Waals surface area (Å²) in [6, 6.07) is 8.02. The summed E-state index contributed by atoms with van der Waals surface area (Å²) in [6.07, 6.45) is -3.83. The molecule has 9 heteroatoms. The molecule has 2 heterocycles. The topological polar surface area (TPSA) is 59.6 Å². The van der Waals surface area contributed by atoms with Gasteiger partial charge in [0.05, 0.1) is 17.7 Å². The third-order valence-corrected chi connectivity index (χ3v) is 3.87. The molecule has 0 saturated heterocycles. The molecule has 0 bridgehead atoms. The van der Waals surface area contributed by atoms with Crippen molar-refractivity contribution in [3.63, 3.8) is 0 Å². The average molecular weight is 384 g/mol. The number of nitrogens with one attached hydrogen (secondary N) is 1. The number of ether oxygens (including phenoxy) is 1. The number of hydrogen-bond acceptors (Lipinski definition) is 5. The van der Waals surface area contributed by atoms with E-state index in [0.717, 1.165) is 11.5 Å². The van der Waals surface area contributed by atoms with E-state index in [1.54, 1.807) is 19.1 Å². The second kappa shape index (κ2) is 6.87. The van der Waals surface area contributed by atoms with Crippen LogP contribution >= 0.6 is 11.6 Å². The van der Waals surface area contributed by atoms with Crippen molar-refractivity contribution in [3.8, 4) is 5.75 Å². The Hall–Kier alpha value is -2.74. The summed E-state index contributed by atoms with van der Waals surface area (Å²) in [5.74, 6) is 1.06. The number of alkyl halides is 3. The molecule has 0 fully saturated rings. The fourth-order valence-electron chi connectivity index (χ4n) is 2.24. The molecule has 136 valence electrons. The number of halogens is 4. The van der Waals surface area contributed by atoms with Crippen molar-refractivity contribution in [2.75, 3.05) is 12.5 Å². The van der Waals surface area contributed by atoms with E-state index < -0.39 is 11.7 Å². The van der Waals surface area contributed by atoms with Gasteiger partial charge in [-0.05, 0) is 25.1 Å². The summed E-state index contributed by atoms with van der Waals surface area (Å²) in [5.41, 5.74) is 2.65. The van der Waals surface area contributed by atoms with Gasteiger partial charge in [0.1, 0.15) is 5.71 Å². The fraction of sp³-hybridized carbons (Fsp3) is 0.176. The van der Waals surface area contributed by atoms with Crippen molar-refractivity contribution in [3.05, 3.63) is 52.9 Å². The Morgan fingerprint density at radius 1 is 1.31 bits per heavy atom. The highest BCUT2D eigenvalue weighted by Gasteiger charge is 2.31. The molecule has 3 aromatic rings. The molecule has 2 aromatic heterocycles. The van der Waals surface area contributed by atoms with E-state index in [-0.39, 0.29) is 10.8 Å². The number of anilines is 1. The number of aromatic nitrogens is 1. The van der Waals surface area contributed by atoms with Gasteiger partial charge in [-0.15, -0.1) is 0 Å². The van der Waals surface area contributed by atoms with Gasteiger partial charge in [-0.25, -0.2) is 4.98 Å². The monoisotopic (exact) mass is 383 g/mol. The molecule has 0 aliphatic rings. The minimum absolute atomic E-state index is 0.00714. The van der Waals surface area contributed by atoms with Gasteiger partial charge in [0.25, 0.3) is 0 Å². The van der Waals surface area contributed by atoms with Crippen molar-refractivity contribution < 1.29 is 22.3 Å². The van der Waals surface area contributed by atoms with Crippen LogP contribution in [0.3, 0.4) is 0 Å². The smallest absolute Gasteiger partial charge is 0.417 e. The minimum atomic E-state index is -4.51. The highest BCUT2D eigenvalue weighted by molar-refractivity contribution is 6.33. The molecule has 5 nitrogen and oxygen atoms in total. The first kappa shape index (κ1) is 18.1. The Bertz CT molecular complexity index is 983. The van der Waals surface area contributed by atoms with Crippen LogP contribution in [0.15, 0.2) is 46.0 Å². The molecular formula is C17H13ClF3N3O2. The van der Waals surface area contributed by atoms with Gasteiger partial charge in [-0.1, -0.05) is 23.7 Å². The molecule has 0 atom stereocenters. The zero-order valence-corrected chi connectivity index (χ0v) is 14.4. The second-order valence-electron chi connectivity index (χ2n) is 5.35. The van der Waals surface area contributed by atoms with Crippen LogP contribution in [0, 0.1) is 0 Å². The number of pyridine rings is 1. The average Bonchev–Trinajstić information content (AvgIpc) is 3.03. The third-order valence-electron chi connectivity index (χ3n) is 3.58. The summed E-state index contributed by atoms with van der Waals surface area (Å²) in [4.78, 5) is 3.66. The lowest BCUT2D eigenvalue weighted by atomic mass is 10.2. The van der Waals surface area contributed by atoms with Crippen molar-refractivity contribution in [2.24, 2.45) is 5.10 Å². The van der Waals surface area contributed by atoms with E-state index >= 15 is 0 Å². The van der Waals surface area contributed by atoms with Crippen LogP contribution in [0.4, 0.5) is 19.0 Å². The van der Waals surface area contributed by atoms with Gasteiger partial charge >= 0.3 is 6.18 Å². The van der Waals surface area contributed by atoms with Crippen LogP contribution in [0.2, 0.25) is 5.02 Å². The predicted molar refractivity (Wildman–Crippen MR) is 92.8 cm³/mol. The molecule has 0 spiro atoms. The first-order valence-corrected chi connectivity index (χ1v) is 7.77. The number of hydrazone groups is 1. The number of para-hydroxylation sites is 1. The largest absolute Gasteiger partial charge is 0.493 e. The van der Waals surface area contributed by atoms with Crippen molar-refractivity contribution in [1.29, 1.82) is 0 Å². The Morgan fingerprint density at radius 3 is 2.73 bits per heavy atom. The van der Waals surface area contributed by atoms with Gasteiger partial charge < -0.3 is 9.15 Å². The van der Waals surface area contributed by atoms with Crippen LogP contribution in [0.1, 0.15) is 18.2 Å². The number of furan rings is 1. The van der Waals surface area contributed by atoms with Crippen LogP contribution in [-0.4, -0.2) is 17.8 Å². The van der Waals surface area contributed by atoms with Crippen LogP contribution in [0.25, 0.3) is 11.0 Å². The molecular weight excluding hydrogens is 371 g/mol. The first-order chi connectivity index (χ1) is 12.3. The lowest BCUT2D eigenvalue weighted by molar-refractivity contribution is -0.137. The number of nitrogens with zero attached hydrogens (tertiary/aromatic N) is 2. The Labute approximate surface area is 151 Å². The minimum Gasteiger partial charge on any atom is -0.493 e.